The number of hydrogen-bond donors (Lipinski definition) is 2. The maximum atomic E-state index is 11.5. The fourth-order valence-electron chi connectivity index (χ4n) is 2.39. The lowest BCUT2D eigenvalue weighted by Gasteiger charge is -2.09. The van der Waals surface area contributed by atoms with E-state index >= 15 is 0 Å². The van der Waals surface area contributed by atoms with E-state index in [-0.39, 0.29) is 5.97 Å². The molecule has 0 aliphatic heterocycles. The molecule has 0 bridgehead atoms. The predicted molar refractivity (Wildman–Crippen MR) is 103 cm³/mol. The molecule has 138 valence electrons. The number of nitrogens with one attached hydrogen (secondary N) is 2. The quantitative estimate of drug-likeness (QED) is 0.619. The number of benzene rings is 2. The van der Waals surface area contributed by atoms with Gasteiger partial charge in [0.25, 0.3) is 0 Å². The lowest BCUT2D eigenvalue weighted by Crippen LogP contribution is -2.04. The van der Waals surface area contributed by atoms with E-state index in [2.05, 4.69) is 25.3 Å². The van der Waals surface area contributed by atoms with E-state index in [0.717, 1.165) is 17.0 Å². The van der Waals surface area contributed by atoms with E-state index in [1.165, 1.54) is 7.11 Å². The Morgan fingerprint density at radius 2 is 1.74 bits per heavy atom. The molecule has 3 aromatic rings. The number of esters is 1. The summed E-state index contributed by atoms with van der Waals surface area (Å²) in [5.74, 6) is 1.61. The van der Waals surface area contributed by atoms with Crippen LogP contribution in [0.3, 0.4) is 0 Å². The monoisotopic (exact) mass is 364 g/mol. The van der Waals surface area contributed by atoms with Crippen LogP contribution in [-0.4, -0.2) is 30.2 Å². The van der Waals surface area contributed by atoms with Crippen LogP contribution >= 0.6 is 0 Å². The molecule has 2 aromatic carbocycles. The average Bonchev–Trinajstić information content (AvgIpc) is 2.73. The van der Waals surface area contributed by atoms with Gasteiger partial charge in [-0.1, -0.05) is 12.1 Å². The topological polar surface area (TPSA) is 85.4 Å². The number of nitrogens with zero attached hydrogens (tertiary/aromatic N) is 2. The highest BCUT2D eigenvalue weighted by atomic mass is 16.5. The Kier molecular flexibility index (Phi) is 5.84. The molecule has 7 nitrogen and oxygen atoms in total. The molecule has 1 aromatic heterocycles. The zero-order valence-electron chi connectivity index (χ0n) is 15.1. The van der Waals surface area contributed by atoms with Gasteiger partial charge in [-0.25, -0.2) is 9.78 Å². The first-order valence-corrected chi connectivity index (χ1v) is 8.33. The first kappa shape index (κ1) is 18.2. The number of hydrogen-bond acceptors (Lipinski definition) is 7. The van der Waals surface area contributed by atoms with E-state index in [0.29, 0.717) is 23.9 Å². The van der Waals surface area contributed by atoms with Crippen molar-refractivity contribution in [1.29, 1.82) is 0 Å². The van der Waals surface area contributed by atoms with E-state index in [1.54, 1.807) is 43.6 Å². The molecule has 7 heteroatoms. The first-order chi connectivity index (χ1) is 13.2. The summed E-state index contributed by atoms with van der Waals surface area (Å²) in [5, 5.41) is 6.37. The molecule has 0 spiro atoms. The van der Waals surface area contributed by atoms with Crippen LogP contribution in [0.5, 0.6) is 5.75 Å². The third-order valence-corrected chi connectivity index (χ3v) is 3.85. The van der Waals surface area contributed by atoms with Crippen molar-refractivity contribution in [2.45, 2.75) is 6.54 Å². The van der Waals surface area contributed by atoms with Crippen molar-refractivity contribution in [3.63, 3.8) is 0 Å². The molecular formula is C20H20N4O3. The molecule has 2 N–H and O–H groups in total. The number of methoxy groups -OCH3 is 2. The van der Waals surface area contributed by atoms with Crippen molar-refractivity contribution in [3.05, 3.63) is 71.9 Å². The zero-order valence-corrected chi connectivity index (χ0v) is 15.1. The van der Waals surface area contributed by atoms with Crippen LogP contribution in [0.2, 0.25) is 0 Å². The molecule has 0 saturated heterocycles. The Bertz CT molecular complexity index is 896. The SMILES string of the molecule is COC(=O)c1ccc(Nc2nccc(NCc3ccc(OC)cc3)n2)cc1. The predicted octanol–water partition coefficient (Wildman–Crippen LogP) is 3.63. The van der Waals surface area contributed by atoms with Crippen molar-refractivity contribution in [2.75, 3.05) is 24.9 Å². The van der Waals surface area contributed by atoms with E-state index in [1.807, 2.05) is 24.3 Å². The fourth-order valence-corrected chi connectivity index (χ4v) is 2.39. The highest BCUT2D eigenvalue weighted by molar-refractivity contribution is 5.89. The van der Waals surface area contributed by atoms with Crippen molar-refractivity contribution in [1.82, 2.24) is 9.97 Å². The van der Waals surface area contributed by atoms with E-state index in [9.17, 15) is 4.79 Å². The Morgan fingerprint density at radius 3 is 2.41 bits per heavy atom. The van der Waals surface area contributed by atoms with Crippen LogP contribution in [-0.2, 0) is 11.3 Å². The lowest BCUT2D eigenvalue weighted by atomic mass is 10.2. The van der Waals surface area contributed by atoms with Gasteiger partial charge in [0.15, 0.2) is 0 Å². The Balaban J connectivity index is 1.61. The third kappa shape index (κ3) is 4.94. The van der Waals surface area contributed by atoms with Gasteiger partial charge in [-0.2, -0.15) is 4.98 Å². The smallest absolute Gasteiger partial charge is 0.337 e. The molecule has 0 aliphatic rings. The second-order valence-corrected chi connectivity index (χ2v) is 5.66. The minimum absolute atomic E-state index is 0.373. The molecule has 0 fully saturated rings. The van der Waals surface area contributed by atoms with Gasteiger partial charge in [-0.05, 0) is 48.0 Å². The molecule has 0 radical (unpaired) electrons. The Morgan fingerprint density at radius 1 is 1.00 bits per heavy atom. The molecule has 0 aliphatic carbocycles. The van der Waals surface area contributed by atoms with Crippen LogP contribution in [0.1, 0.15) is 15.9 Å². The van der Waals surface area contributed by atoms with Crippen molar-refractivity contribution >= 4 is 23.4 Å². The largest absolute Gasteiger partial charge is 0.497 e. The minimum atomic E-state index is -0.373. The maximum Gasteiger partial charge on any atom is 0.337 e. The molecule has 27 heavy (non-hydrogen) atoms. The van der Waals surface area contributed by atoms with Crippen LogP contribution in [0.15, 0.2) is 60.8 Å². The van der Waals surface area contributed by atoms with Crippen molar-refractivity contribution in [3.8, 4) is 5.75 Å². The summed E-state index contributed by atoms with van der Waals surface area (Å²) in [4.78, 5) is 20.1. The summed E-state index contributed by atoms with van der Waals surface area (Å²) in [7, 11) is 3.00. The fraction of sp³-hybridized carbons (Fsp3) is 0.150. The summed E-state index contributed by atoms with van der Waals surface area (Å²) in [6.45, 7) is 0.633. The average molecular weight is 364 g/mol. The molecule has 0 atom stereocenters. The van der Waals surface area contributed by atoms with Crippen LogP contribution in [0.4, 0.5) is 17.5 Å². The Labute approximate surface area is 157 Å². The minimum Gasteiger partial charge on any atom is -0.497 e. The second kappa shape index (κ2) is 8.66. The zero-order chi connectivity index (χ0) is 19.1. The number of rotatable bonds is 7. The van der Waals surface area contributed by atoms with Gasteiger partial charge in [0.1, 0.15) is 11.6 Å². The molecule has 0 amide bonds. The summed E-state index contributed by atoms with van der Waals surface area (Å²) in [6.07, 6.45) is 1.68. The van der Waals surface area contributed by atoms with Gasteiger partial charge in [0.2, 0.25) is 5.95 Å². The van der Waals surface area contributed by atoms with Gasteiger partial charge in [-0.15, -0.1) is 0 Å². The van der Waals surface area contributed by atoms with Gasteiger partial charge in [-0.3, -0.25) is 0 Å². The van der Waals surface area contributed by atoms with Crippen LogP contribution < -0.4 is 15.4 Å². The highest BCUT2D eigenvalue weighted by Gasteiger charge is 2.05. The number of aromatic nitrogens is 2. The number of carbonyl (C=O) groups is 1. The number of anilines is 3. The van der Waals surface area contributed by atoms with Gasteiger partial charge in [0, 0.05) is 18.4 Å². The van der Waals surface area contributed by atoms with Gasteiger partial charge >= 0.3 is 5.97 Å². The van der Waals surface area contributed by atoms with Crippen molar-refractivity contribution in [2.24, 2.45) is 0 Å². The first-order valence-electron chi connectivity index (χ1n) is 8.33. The summed E-state index contributed by atoms with van der Waals surface area (Å²) < 4.78 is 9.84. The molecule has 3 rings (SSSR count). The van der Waals surface area contributed by atoms with Gasteiger partial charge < -0.3 is 20.1 Å². The second-order valence-electron chi connectivity index (χ2n) is 5.66. The van der Waals surface area contributed by atoms with E-state index in [4.69, 9.17) is 4.74 Å². The summed E-state index contributed by atoms with van der Waals surface area (Å²) in [6, 6.07) is 16.5. The molecule has 0 saturated carbocycles. The molecular weight excluding hydrogens is 344 g/mol. The van der Waals surface area contributed by atoms with Crippen molar-refractivity contribution < 1.29 is 14.3 Å². The Hall–Kier alpha value is -3.61. The maximum absolute atomic E-state index is 11.5. The van der Waals surface area contributed by atoms with Gasteiger partial charge in [0.05, 0.1) is 19.8 Å². The van der Waals surface area contributed by atoms with Crippen LogP contribution in [0.25, 0.3) is 0 Å². The molecule has 1 heterocycles. The van der Waals surface area contributed by atoms with E-state index < -0.39 is 0 Å². The highest BCUT2D eigenvalue weighted by Crippen LogP contribution is 2.17. The molecule has 0 unspecified atom stereocenters. The third-order valence-electron chi connectivity index (χ3n) is 3.85. The van der Waals surface area contributed by atoms with Crippen LogP contribution in [0, 0.1) is 0 Å². The number of ether oxygens (including phenoxy) is 2. The summed E-state index contributed by atoms with van der Waals surface area (Å²) >= 11 is 0. The standard InChI is InChI=1S/C20H20N4O3/c1-26-17-9-3-14(4-10-17)13-22-18-11-12-21-20(24-18)23-16-7-5-15(6-8-16)19(25)27-2/h3-12H,13H2,1-2H3,(H2,21,22,23,24). The number of carbonyl (C=O) groups excluding carboxylic acids is 1. The summed E-state index contributed by atoms with van der Waals surface area (Å²) in [5.41, 5.74) is 2.37. The lowest BCUT2D eigenvalue weighted by molar-refractivity contribution is 0.0601. The normalized spacial score (nSPS) is 10.1.